The summed E-state index contributed by atoms with van der Waals surface area (Å²) in [5, 5.41) is 0. The topological polar surface area (TPSA) is 26.3 Å². The van der Waals surface area contributed by atoms with Gasteiger partial charge in [0.2, 0.25) is 0 Å². The summed E-state index contributed by atoms with van der Waals surface area (Å²) in [6.07, 6.45) is 15.1. The van der Waals surface area contributed by atoms with Crippen LogP contribution in [-0.2, 0) is 9.53 Å². The van der Waals surface area contributed by atoms with Gasteiger partial charge in [-0.1, -0.05) is 31.4 Å². The van der Waals surface area contributed by atoms with Crippen molar-refractivity contribution in [2.75, 3.05) is 0 Å². The van der Waals surface area contributed by atoms with Crippen molar-refractivity contribution in [3.63, 3.8) is 0 Å². The predicted octanol–water partition coefficient (Wildman–Crippen LogP) is 5.37. The van der Waals surface area contributed by atoms with Crippen molar-refractivity contribution in [1.29, 1.82) is 0 Å². The first-order valence-corrected chi connectivity index (χ1v) is 10.3. The molecule has 0 amide bonds. The lowest BCUT2D eigenvalue weighted by Gasteiger charge is -2.36. The maximum atomic E-state index is 11.8. The second-order valence-corrected chi connectivity index (χ2v) is 9.94. The maximum absolute atomic E-state index is 11.8. The molecule has 2 nitrogen and oxygen atoms in total. The van der Waals surface area contributed by atoms with Crippen LogP contribution in [0.1, 0.15) is 72.1 Å². The fourth-order valence-corrected chi connectivity index (χ4v) is 6.73. The highest BCUT2D eigenvalue weighted by Crippen LogP contribution is 2.67. The van der Waals surface area contributed by atoms with Crippen molar-refractivity contribution in [3.8, 4) is 0 Å². The van der Waals surface area contributed by atoms with Gasteiger partial charge in [-0.25, -0.2) is 0 Å². The van der Waals surface area contributed by atoms with Crippen molar-refractivity contribution in [2.24, 2.45) is 41.4 Å². The molecule has 0 aliphatic heterocycles. The summed E-state index contributed by atoms with van der Waals surface area (Å²) in [6.45, 7) is 5.83. The van der Waals surface area contributed by atoms with E-state index in [-0.39, 0.29) is 11.6 Å². The minimum Gasteiger partial charge on any atom is -0.460 e. The van der Waals surface area contributed by atoms with Crippen LogP contribution in [0.2, 0.25) is 0 Å². The summed E-state index contributed by atoms with van der Waals surface area (Å²) in [5.41, 5.74) is -0.341. The summed E-state index contributed by atoms with van der Waals surface area (Å²) in [4.78, 5) is 11.8. The molecule has 0 aromatic rings. The molecule has 0 radical (unpaired) electrons. The third-order valence-electron chi connectivity index (χ3n) is 7.28. The molecule has 4 aliphatic rings. The first-order chi connectivity index (χ1) is 11.4. The van der Waals surface area contributed by atoms with E-state index in [4.69, 9.17) is 4.74 Å². The summed E-state index contributed by atoms with van der Waals surface area (Å²) < 4.78 is 5.39. The van der Waals surface area contributed by atoms with Gasteiger partial charge in [-0.15, -0.1) is 0 Å². The first kappa shape index (κ1) is 16.7. The molecule has 3 saturated carbocycles. The zero-order valence-corrected chi connectivity index (χ0v) is 15.7. The molecule has 7 unspecified atom stereocenters. The van der Waals surface area contributed by atoms with E-state index in [2.05, 4.69) is 12.2 Å². The second-order valence-electron chi connectivity index (χ2n) is 9.94. The fourth-order valence-electron chi connectivity index (χ4n) is 6.73. The number of rotatable bonds is 6. The third kappa shape index (κ3) is 3.06. The average molecular weight is 331 g/mol. The van der Waals surface area contributed by atoms with Gasteiger partial charge in [-0.3, -0.25) is 4.79 Å². The van der Waals surface area contributed by atoms with Crippen molar-refractivity contribution < 1.29 is 9.53 Å². The van der Waals surface area contributed by atoms with Crippen molar-refractivity contribution in [1.82, 2.24) is 0 Å². The monoisotopic (exact) mass is 330 g/mol. The molecular weight excluding hydrogens is 296 g/mol. The number of ether oxygens (including phenoxy) is 1. The van der Waals surface area contributed by atoms with Gasteiger partial charge in [0, 0.05) is 6.42 Å². The Morgan fingerprint density at radius 3 is 2.50 bits per heavy atom. The quantitative estimate of drug-likeness (QED) is 0.283. The standard InChI is InChI=1S/C22H34O2/c1-22(2,3)24-19(23)8-6-4-5-7-14-11-17-13-18(14)21-16-10-9-15(12-16)20(17)21/h9-10,14-18,20-21H,4-8,11-13H2,1-3H3. The van der Waals surface area contributed by atoms with E-state index in [1.165, 1.54) is 38.5 Å². The SMILES string of the molecule is CC(C)(C)OC(=O)CCCCCC1CC2CC1C1C3C=CC(C3)C21. The van der Waals surface area contributed by atoms with Gasteiger partial charge in [0.1, 0.15) is 5.60 Å². The summed E-state index contributed by atoms with van der Waals surface area (Å²) in [6, 6.07) is 0. The van der Waals surface area contributed by atoms with E-state index >= 15 is 0 Å². The Labute approximate surface area is 147 Å². The third-order valence-corrected chi connectivity index (χ3v) is 7.28. The summed E-state index contributed by atoms with van der Waals surface area (Å²) in [5.74, 6) is 7.04. The Kier molecular flexibility index (Phi) is 4.29. The second kappa shape index (κ2) is 6.18. The van der Waals surface area contributed by atoms with Crippen LogP contribution in [0.25, 0.3) is 0 Å². The van der Waals surface area contributed by atoms with E-state index in [9.17, 15) is 4.79 Å². The smallest absolute Gasteiger partial charge is 0.306 e. The number of hydrogen-bond acceptors (Lipinski definition) is 2. The molecule has 24 heavy (non-hydrogen) atoms. The lowest BCUT2D eigenvalue weighted by atomic mass is 9.68. The number of unbranched alkanes of at least 4 members (excludes halogenated alkanes) is 2. The molecule has 0 aromatic carbocycles. The molecule has 134 valence electrons. The molecule has 2 heteroatoms. The van der Waals surface area contributed by atoms with Crippen LogP contribution in [0.3, 0.4) is 0 Å². The number of fused-ring (bicyclic) bond motifs is 9. The van der Waals surface area contributed by atoms with Gasteiger partial charge < -0.3 is 4.74 Å². The normalized spacial score (nSPS) is 41.9. The lowest BCUT2D eigenvalue weighted by Crippen LogP contribution is -2.30. The van der Waals surface area contributed by atoms with Crippen molar-refractivity contribution in [2.45, 2.75) is 77.7 Å². The highest BCUT2D eigenvalue weighted by molar-refractivity contribution is 5.69. The molecule has 4 bridgehead atoms. The lowest BCUT2D eigenvalue weighted by molar-refractivity contribution is -0.154. The van der Waals surface area contributed by atoms with E-state index in [0.29, 0.717) is 6.42 Å². The first-order valence-electron chi connectivity index (χ1n) is 10.3. The average Bonchev–Trinajstić information content (AvgIpc) is 3.23. The van der Waals surface area contributed by atoms with Gasteiger partial charge in [0.05, 0.1) is 0 Å². The van der Waals surface area contributed by atoms with Crippen LogP contribution in [0.4, 0.5) is 0 Å². The molecule has 4 rings (SSSR count). The number of carbonyl (C=O) groups excluding carboxylic acids is 1. The summed E-state index contributed by atoms with van der Waals surface area (Å²) >= 11 is 0. The van der Waals surface area contributed by atoms with Crippen molar-refractivity contribution in [3.05, 3.63) is 12.2 Å². The molecule has 0 heterocycles. The maximum Gasteiger partial charge on any atom is 0.306 e. The van der Waals surface area contributed by atoms with Crippen molar-refractivity contribution >= 4 is 5.97 Å². The molecule has 0 saturated heterocycles. The van der Waals surface area contributed by atoms with Crippen LogP contribution in [0.15, 0.2) is 12.2 Å². The highest BCUT2D eigenvalue weighted by Gasteiger charge is 2.60. The van der Waals surface area contributed by atoms with Gasteiger partial charge in [-0.2, -0.15) is 0 Å². The van der Waals surface area contributed by atoms with Crippen LogP contribution in [0, 0.1) is 41.4 Å². The van der Waals surface area contributed by atoms with E-state index in [0.717, 1.165) is 47.8 Å². The molecular formula is C22H34O2. The van der Waals surface area contributed by atoms with Gasteiger partial charge >= 0.3 is 5.97 Å². The Morgan fingerprint density at radius 2 is 1.75 bits per heavy atom. The molecule has 0 aromatic heterocycles. The zero-order valence-electron chi connectivity index (χ0n) is 15.7. The van der Waals surface area contributed by atoms with E-state index < -0.39 is 0 Å². The minimum absolute atomic E-state index is 0.0287. The largest absolute Gasteiger partial charge is 0.460 e. The Hall–Kier alpha value is -0.790. The van der Waals surface area contributed by atoms with Crippen LogP contribution < -0.4 is 0 Å². The van der Waals surface area contributed by atoms with E-state index in [1.54, 1.807) is 0 Å². The van der Waals surface area contributed by atoms with Gasteiger partial charge in [-0.05, 0) is 87.9 Å². The molecule has 4 aliphatic carbocycles. The van der Waals surface area contributed by atoms with Gasteiger partial charge in [0.25, 0.3) is 0 Å². The number of carbonyl (C=O) groups is 1. The molecule has 0 spiro atoms. The zero-order chi connectivity index (χ0) is 16.9. The van der Waals surface area contributed by atoms with Crippen LogP contribution >= 0.6 is 0 Å². The fraction of sp³-hybridized carbons (Fsp3) is 0.864. The minimum atomic E-state index is -0.341. The Morgan fingerprint density at radius 1 is 1.00 bits per heavy atom. The number of allylic oxidation sites excluding steroid dienone is 2. The summed E-state index contributed by atoms with van der Waals surface area (Å²) in [7, 11) is 0. The number of hydrogen-bond donors (Lipinski definition) is 0. The van der Waals surface area contributed by atoms with Crippen LogP contribution in [0.5, 0.6) is 0 Å². The Bertz CT molecular complexity index is 515. The predicted molar refractivity (Wildman–Crippen MR) is 96.4 cm³/mol. The highest BCUT2D eigenvalue weighted by atomic mass is 16.6. The molecule has 3 fully saturated rings. The van der Waals surface area contributed by atoms with Crippen LogP contribution in [-0.4, -0.2) is 11.6 Å². The molecule has 7 atom stereocenters. The Balaban J connectivity index is 1.17. The van der Waals surface area contributed by atoms with Gasteiger partial charge in [0.15, 0.2) is 0 Å². The molecule has 0 N–H and O–H groups in total. The number of esters is 1. The van der Waals surface area contributed by atoms with E-state index in [1.807, 2.05) is 20.8 Å².